The maximum Gasteiger partial charge on any atom is 0.338 e. The maximum absolute atomic E-state index is 12.8. The molecule has 1 saturated heterocycles. The molecule has 1 amide bonds. The van der Waals surface area contributed by atoms with E-state index < -0.39 is 5.97 Å². The molecule has 1 aliphatic heterocycles. The molecule has 8 heteroatoms. The fourth-order valence-electron chi connectivity index (χ4n) is 3.07. The van der Waals surface area contributed by atoms with E-state index in [0.717, 1.165) is 0 Å². The largest absolute Gasteiger partial charge is 0.504 e. The summed E-state index contributed by atoms with van der Waals surface area (Å²) in [6.45, 7) is 5.74. The summed E-state index contributed by atoms with van der Waals surface area (Å²) in [6.07, 6.45) is 3.88. The van der Waals surface area contributed by atoms with Crippen molar-refractivity contribution in [2.24, 2.45) is 4.99 Å². The highest BCUT2D eigenvalue weighted by molar-refractivity contribution is 8.18. The van der Waals surface area contributed by atoms with Crippen molar-refractivity contribution in [3.8, 4) is 11.5 Å². The molecule has 2 aromatic rings. The van der Waals surface area contributed by atoms with Gasteiger partial charge in [0.1, 0.15) is 0 Å². The molecule has 0 saturated carbocycles. The van der Waals surface area contributed by atoms with Crippen molar-refractivity contribution in [2.75, 3.05) is 20.8 Å². The summed E-state index contributed by atoms with van der Waals surface area (Å²) >= 11 is 1.23. The number of thioether (sulfide) groups is 1. The average molecular weight is 453 g/mol. The van der Waals surface area contributed by atoms with Gasteiger partial charge in [0.15, 0.2) is 16.7 Å². The number of nitrogens with zero attached hydrogens (tertiary/aromatic N) is 2. The number of esters is 1. The molecule has 3 rings (SSSR count). The SMILES string of the molecule is C=CCc1cc(C=C2SC(=Nc3cccc(C(=O)OCC)c3)N(C)C2=O)cc(OC)c1O. The number of hydrogen-bond donors (Lipinski definition) is 1. The number of carbonyl (C=O) groups is 2. The van der Waals surface area contributed by atoms with E-state index in [1.54, 1.807) is 62.5 Å². The molecule has 1 fully saturated rings. The maximum atomic E-state index is 12.8. The van der Waals surface area contributed by atoms with Gasteiger partial charge in [-0.05, 0) is 67.1 Å². The van der Waals surface area contributed by atoms with Crippen LogP contribution >= 0.6 is 11.8 Å². The topological polar surface area (TPSA) is 88.4 Å². The zero-order chi connectivity index (χ0) is 23.3. The van der Waals surface area contributed by atoms with Crippen LogP contribution < -0.4 is 4.74 Å². The molecule has 2 aromatic carbocycles. The standard InChI is InChI=1S/C24H24N2O5S/c1-5-8-16-11-15(12-19(30-4)21(16)27)13-20-22(28)26(3)24(32-20)25-18-10-7-9-17(14-18)23(29)31-6-2/h5,7,9-14,27H,1,6,8H2,2-4H3. The predicted molar refractivity (Wildman–Crippen MR) is 126 cm³/mol. The average Bonchev–Trinajstić information content (AvgIpc) is 3.04. The molecule has 166 valence electrons. The van der Waals surface area contributed by atoms with Crippen molar-refractivity contribution in [3.63, 3.8) is 0 Å². The van der Waals surface area contributed by atoms with Gasteiger partial charge in [0, 0.05) is 12.6 Å². The molecule has 0 bridgehead atoms. The number of carbonyl (C=O) groups excluding carboxylic acids is 2. The summed E-state index contributed by atoms with van der Waals surface area (Å²) in [6, 6.07) is 10.2. The summed E-state index contributed by atoms with van der Waals surface area (Å²) in [5.74, 6) is -0.242. The Bertz CT molecular complexity index is 1120. The normalized spacial score (nSPS) is 16.0. The van der Waals surface area contributed by atoms with Gasteiger partial charge in [0.25, 0.3) is 5.91 Å². The van der Waals surface area contributed by atoms with Crippen LogP contribution in [-0.2, 0) is 16.0 Å². The summed E-state index contributed by atoms with van der Waals surface area (Å²) in [5, 5.41) is 10.8. The number of rotatable bonds is 7. The van der Waals surface area contributed by atoms with Crippen LogP contribution in [0, 0.1) is 0 Å². The molecule has 0 radical (unpaired) electrons. The molecule has 7 nitrogen and oxygen atoms in total. The third-order valence-corrected chi connectivity index (χ3v) is 5.70. The fourth-order valence-corrected chi connectivity index (χ4v) is 4.06. The lowest BCUT2D eigenvalue weighted by Crippen LogP contribution is -2.23. The van der Waals surface area contributed by atoms with Crippen LogP contribution in [-0.4, -0.2) is 47.8 Å². The second-order valence-electron chi connectivity index (χ2n) is 6.86. The van der Waals surface area contributed by atoms with Gasteiger partial charge in [-0.1, -0.05) is 12.1 Å². The number of phenolic OH excluding ortho intramolecular Hbond substituents is 1. The monoisotopic (exact) mass is 452 g/mol. The first-order valence-corrected chi connectivity index (χ1v) is 10.7. The van der Waals surface area contributed by atoms with E-state index in [1.165, 1.54) is 23.8 Å². The lowest BCUT2D eigenvalue weighted by Gasteiger charge is -2.10. The number of ether oxygens (including phenoxy) is 2. The molecule has 0 spiro atoms. The number of phenols is 1. The first kappa shape index (κ1) is 23.1. The fraction of sp³-hybridized carbons (Fsp3) is 0.208. The van der Waals surface area contributed by atoms with Crippen molar-refractivity contribution >= 4 is 40.6 Å². The Morgan fingerprint density at radius 2 is 2.09 bits per heavy atom. The van der Waals surface area contributed by atoms with E-state index in [4.69, 9.17) is 9.47 Å². The smallest absolute Gasteiger partial charge is 0.338 e. The van der Waals surface area contributed by atoms with Gasteiger partial charge in [0.05, 0.1) is 29.9 Å². The van der Waals surface area contributed by atoms with Gasteiger partial charge in [-0.25, -0.2) is 9.79 Å². The molecular weight excluding hydrogens is 428 g/mol. The van der Waals surface area contributed by atoms with Gasteiger partial charge in [-0.2, -0.15) is 0 Å². The highest BCUT2D eigenvalue weighted by Gasteiger charge is 2.30. The van der Waals surface area contributed by atoms with Gasteiger partial charge in [-0.15, -0.1) is 6.58 Å². The zero-order valence-electron chi connectivity index (χ0n) is 18.1. The minimum atomic E-state index is -0.421. The van der Waals surface area contributed by atoms with E-state index in [1.807, 2.05) is 0 Å². The summed E-state index contributed by atoms with van der Waals surface area (Å²) in [4.78, 5) is 31.2. The molecule has 1 N–H and O–H groups in total. The minimum absolute atomic E-state index is 0.0563. The van der Waals surface area contributed by atoms with Crippen LogP contribution in [0.5, 0.6) is 11.5 Å². The number of aromatic hydroxyl groups is 1. The Labute approximate surface area is 191 Å². The minimum Gasteiger partial charge on any atom is -0.504 e. The molecule has 1 aliphatic rings. The van der Waals surface area contributed by atoms with Crippen LogP contribution in [0.15, 0.2) is 59.0 Å². The molecule has 32 heavy (non-hydrogen) atoms. The van der Waals surface area contributed by atoms with Crippen molar-refractivity contribution in [1.82, 2.24) is 4.90 Å². The number of amides is 1. The van der Waals surface area contributed by atoms with Gasteiger partial charge < -0.3 is 14.6 Å². The molecule has 1 heterocycles. The molecule has 0 unspecified atom stereocenters. The predicted octanol–water partition coefficient (Wildman–Crippen LogP) is 4.54. The summed E-state index contributed by atoms with van der Waals surface area (Å²) in [5.41, 5.74) is 2.30. The highest BCUT2D eigenvalue weighted by Crippen LogP contribution is 2.36. The second kappa shape index (κ2) is 10.2. The number of amidine groups is 1. The third-order valence-electron chi connectivity index (χ3n) is 4.64. The molecule has 0 aromatic heterocycles. The lowest BCUT2D eigenvalue weighted by atomic mass is 10.1. The zero-order valence-corrected chi connectivity index (χ0v) is 18.9. The van der Waals surface area contributed by atoms with E-state index in [9.17, 15) is 14.7 Å². The van der Waals surface area contributed by atoms with Crippen LogP contribution in [0.3, 0.4) is 0 Å². The quantitative estimate of drug-likeness (QED) is 0.377. The number of aliphatic imine (C=N–C) groups is 1. The Kier molecular flexibility index (Phi) is 7.37. The van der Waals surface area contributed by atoms with Crippen molar-refractivity contribution < 1.29 is 24.2 Å². The van der Waals surface area contributed by atoms with Crippen molar-refractivity contribution in [3.05, 3.63) is 70.6 Å². The van der Waals surface area contributed by atoms with E-state index >= 15 is 0 Å². The number of likely N-dealkylation sites (N-methyl/N-ethyl adjacent to an activating group) is 1. The van der Waals surface area contributed by atoms with Gasteiger partial charge >= 0.3 is 5.97 Å². The van der Waals surface area contributed by atoms with E-state index in [-0.39, 0.29) is 18.3 Å². The van der Waals surface area contributed by atoms with Crippen molar-refractivity contribution in [2.45, 2.75) is 13.3 Å². The first-order chi connectivity index (χ1) is 15.4. The summed E-state index contributed by atoms with van der Waals surface area (Å²) < 4.78 is 10.3. The number of methoxy groups -OCH3 is 1. The van der Waals surface area contributed by atoms with Crippen molar-refractivity contribution in [1.29, 1.82) is 0 Å². The van der Waals surface area contributed by atoms with Crippen LogP contribution in [0.1, 0.15) is 28.4 Å². The number of benzene rings is 2. The Hall–Kier alpha value is -3.52. The number of allylic oxidation sites excluding steroid dienone is 1. The Morgan fingerprint density at radius 3 is 2.78 bits per heavy atom. The van der Waals surface area contributed by atoms with Crippen LogP contribution in [0.25, 0.3) is 6.08 Å². The Balaban J connectivity index is 1.92. The third kappa shape index (κ3) is 5.03. The van der Waals surface area contributed by atoms with Crippen LogP contribution in [0.2, 0.25) is 0 Å². The lowest BCUT2D eigenvalue weighted by molar-refractivity contribution is -0.121. The van der Waals surface area contributed by atoms with Crippen LogP contribution in [0.4, 0.5) is 5.69 Å². The first-order valence-electron chi connectivity index (χ1n) is 9.92. The molecular formula is C24H24N2O5S. The Morgan fingerprint density at radius 1 is 1.31 bits per heavy atom. The van der Waals surface area contributed by atoms with E-state index in [0.29, 0.717) is 44.6 Å². The van der Waals surface area contributed by atoms with Gasteiger partial charge in [0.2, 0.25) is 0 Å². The second-order valence-corrected chi connectivity index (χ2v) is 7.87. The highest BCUT2D eigenvalue weighted by atomic mass is 32.2. The summed E-state index contributed by atoms with van der Waals surface area (Å²) in [7, 11) is 3.12. The molecule has 0 atom stereocenters. The van der Waals surface area contributed by atoms with E-state index in [2.05, 4.69) is 11.6 Å². The molecule has 0 aliphatic carbocycles. The van der Waals surface area contributed by atoms with Gasteiger partial charge in [-0.3, -0.25) is 9.69 Å². The number of hydrogen-bond acceptors (Lipinski definition) is 7.